The molecule has 19 heavy (non-hydrogen) atoms. The van der Waals surface area contributed by atoms with Gasteiger partial charge in [-0.2, -0.15) is 0 Å². The smallest absolute Gasteiger partial charge is 0.120 e. The predicted octanol–water partition coefficient (Wildman–Crippen LogP) is 4.40. The Morgan fingerprint density at radius 2 is 1.89 bits per heavy atom. The fraction of sp³-hybridized carbons (Fsp3) is 0.647. The SMILES string of the molecule is CCC(NCC1(CC)CCCC1)c1ccccc1O. The van der Waals surface area contributed by atoms with Crippen molar-refractivity contribution in [1.29, 1.82) is 0 Å². The molecule has 1 aromatic carbocycles. The summed E-state index contributed by atoms with van der Waals surface area (Å²) in [6.07, 6.45) is 7.74. The zero-order valence-corrected chi connectivity index (χ0v) is 12.3. The maximum atomic E-state index is 9.99. The zero-order chi connectivity index (χ0) is 13.7. The van der Waals surface area contributed by atoms with Crippen LogP contribution in [0.25, 0.3) is 0 Å². The van der Waals surface area contributed by atoms with E-state index >= 15 is 0 Å². The topological polar surface area (TPSA) is 32.3 Å². The quantitative estimate of drug-likeness (QED) is 0.795. The second-order valence-electron chi connectivity index (χ2n) is 5.96. The molecule has 2 heteroatoms. The highest BCUT2D eigenvalue weighted by molar-refractivity contribution is 5.34. The minimum absolute atomic E-state index is 0.269. The van der Waals surface area contributed by atoms with Gasteiger partial charge in [-0.05, 0) is 37.2 Å². The molecule has 2 N–H and O–H groups in total. The number of aromatic hydroxyl groups is 1. The molecule has 1 saturated carbocycles. The number of para-hydroxylation sites is 1. The average Bonchev–Trinajstić information content (AvgIpc) is 2.91. The fourth-order valence-corrected chi connectivity index (χ4v) is 3.38. The van der Waals surface area contributed by atoms with Crippen LogP contribution in [0.3, 0.4) is 0 Å². The summed E-state index contributed by atoms with van der Waals surface area (Å²) in [6.45, 7) is 5.57. The Morgan fingerprint density at radius 1 is 1.21 bits per heavy atom. The van der Waals surface area contributed by atoms with Gasteiger partial charge in [0.15, 0.2) is 0 Å². The van der Waals surface area contributed by atoms with Crippen molar-refractivity contribution in [2.75, 3.05) is 6.54 Å². The van der Waals surface area contributed by atoms with Crippen LogP contribution in [0.1, 0.15) is 64.0 Å². The summed E-state index contributed by atoms with van der Waals surface area (Å²) in [5.74, 6) is 0.416. The van der Waals surface area contributed by atoms with Crippen LogP contribution >= 0.6 is 0 Å². The summed E-state index contributed by atoms with van der Waals surface area (Å²) >= 11 is 0. The molecule has 0 spiro atoms. The number of rotatable bonds is 6. The van der Waals surface area contributed by atoms with Gasteiger partial charge in [-0.15, -0.1) is 0 Å². The zero-order valence-electron chi connectivity index (χ0n) is 12.3. The summed E-state index contributed by atoms with van der Waals surface area (Å²) in [6, 6.07) is 7.97. The predicted molar refractivity (Wildman–Crippen MR) is 80.3 cm³/mol. The van der Waals surface area contributed by atoms with Gasteiger partial charge in [0.2, 0.25) is 0 Å². The summed E-state index contributed by atoms with van der Waals surface area (Å²) in [4.78, 5) is 0. The van der Waals surface area contributed by atoms with Gasteiger partial charge in [0.1, 0.15) is 5.75 Å². The molecule has 1 aliphatic rings. The van der Waals surface area contributed by atoms with E-state index in [1.54, 1.807) is 6.07 Å². The molecular formula is C17H27NO. The van der Waals surface area contributed by atoms with E-state index in [1.807, 2.05) is 18.2 Å². The van der Waals surface area contributed by atoms with Crippen molar-refractivity contribution in [2.24, 2.45) is 5.41 Å². The number of nitrogens with one attached hydrogen (secondary N) is 1. The molecule has 1 unspecified atom stereocenters. The van der Waals surface area contributed by atoms with E-state index in [9.17, 15) is 5.11 Å². The summed E-state index contributed by atoms with van der Waals surface area (Å²) < 4.78 is 0. The van der Waals surface area contributed by atoms with Gasteiger partial charge in [0.25, 0.3) is 0 Å². The molecule has 1 atom stereocenters. The summed E-state index contributed by atoms with van der Waals surface area (Å²) in [5.41, 5.74) is 1.53. The number of phenolic OH excluding ortho intramolecular Hbond substituents is 1. The molecular weight excluding hydrogens is 234 g/mol. The van der Waals surface area contributed by atoms with Crippen molar-refractivity contribution >= 4 is 0 Å². The van der Waals surface area contributed by atoms with E-state index in [2.05, 4.69) is 19.2 Å². The molecule has 0 heterocycles. The lowest BCUT2D eigenvalue weighted by Gasteiger charge is -2.30. The average molecular weight is 261 g/mol. The highest BCUT2D eigenvalue weighted by atomic mass is 16.3. The van der Waals surface area contributed by atoms with Crippen LogP contribution in [0.15, 0.2) is 24.3 Å². The third kappa shape index (κ3) is 3.30. The molecule has 1 aliphatic carbocycles. The van der Waals surface area contributed by atoms with Gasteiger partial charge in [0.05, 0.1) is 0 Å². The van der Waals surface area contributed by atoms with Crippen LogP contribution in [-0.4, -0.2) is 11.7 Å². The molecule has 0 radical (unpaired) electrons. The second-order valence-corrected chi connectivity index (χ2v) is 5.96. The largest absolute Gasteiger partial charge is 0.508 e. The monoisotopic (exact) mass is 261 g/mol. The van der Waals surface area contributed by atoms with Crippen LogP contribution in [0.5, 0.6) is 5.75 Å². The Hall–Kier alpha value is -1.02. The van der Waals surface area contributed by atoms with Crippen LogP contribution in [0.4, 0.5) is 0 Å². The molecule has 1 aromatic rings. The maximum absolute atomic E-state index is 9.99. The van der Waals surface area contributed by atoms with E-state index in [0.29, 0.717) is 11.2 Å². The Kier molecular flexibility index (Phi) is 4.87. The van der Waals surface area contributed by atoms with E-state index in [0.717, 1.165) is 18.5 Å². The molecule has 1 fully saturated rings. The van der Waals surface area contributed by atoms with E-state index in [-0.39, 0.29) is 6.04 Å². The van der Waals surface area contributed by atoms with Crippen molar-refractivity contribution in [3.05, 3.63) is 29.8 Å². The summed E-state index contributed by atoms with van der Waals surface area (Å²) in [5, 5.41) is 13.7. The standard InChI is InChI=1S/C17H27NO/c1-3-15(14-9-5-6-10-16(14)19)18-13-17(4-2)11-7-8-12-17/h5-6,9-10,15,18-19H,3-4,7-8,11-13H2,1-2H3. The molecule has 2 nitrogen and oxygen atoms in total. The van der Waals surface area contributed by atoms with Gasteiger partial charge in [-0.25, -0.2) is 0 Å². The fourth-order valence-electron chi connectivity index (χ4n) is 3.38. The van der Waals surface area contributed by atoms with E-state index < -0.39 is 0 Å². The second kappa shape index (κ2) is 6.42. The van der Waals surface area contributed by atoms with Gasteiger partial charge in [-0.1, -0.05) is 44.9 Å². The van der Waals surface area contributed by atoms with Gasteiger partial charge >= 0.3 is 0 Å². The van der Waals surface area contributed by atoms with Crippen molar-refractivity contribution < 1.29 is 5.11 Å². The molecule has 0 amide bonds. The molecule has 0 bridgehead atoms. The van der Waals surface area contributed by atoms with Gasteiger partial charge in [-0.3, -0.25) is 0 Å². The number of hydrogen-bond acceptors (Lipinski definition) is 2. The van der Waals surface area contributed by atoms with Crippen LogP contribution in [0, 0.1) is 5.41 Å². The van der Waals surface area contributed by atoms with Crippen LogP contribution in [-0.2, 0) is 0 Å². The van der Waals surface area contributed by atoms with Gasteiger partial charge in [0, 0.05) is 18.2 Å². The molecule has 106 valence electrons. The van der Waals surface area contributed by atoms with E-state index in [4.69, 9.17) is 0 Å². The lowest BCUT2D eigenvalue weighted by atomic mass is 9.83. The Bertz CT molecular complexity index is 396. The normalized spacial score (nSPS) is 19.5. The Balaban J connectivity index is 2.02. The molecule has 0 saturated heterocycles. The molecule has 2 rings (SSSR count). The molecule has 0 aromatic heterocycles. The Morgan fingerprint density at radius 3 is 2.47 bits per heavy atom. The van der Waals surface area contributed by atoms with Crippen molar-refractivity contribution in [3.63, 3.8) is 0 Å². The first-order valence-electron chi connectivity index (χ1n) is 7.72. The minimum Gasteiger partial charge on any atom is -0.508 e. The lowest BCUT2D eigenvalue weighted by Crippen LogP contribution is -2.34. The lowest BCUT2D eigenvalue weighted by molar-refractivity contribution is 0.253. The third-order valence-electron chi connectivity index (χ3n) is 4.86. The first-order chi connectivity index (χ1) is 9.21. The van der Waals surface area contributed by atoms with Crippen molar-refractivity contribution in [1.82, 2.24) is 5.32 Å². The Labute approximate surface area is 117 Å². The maximum Gasteiger partial charge on any atom is 0.120 e. The number of hydrogen-bond donors (Lipinski definition) is 2. The number of phenols is 1. The van der Waals surface area contributed by atoms with Crippen molar-refractivity contribution in [2.45, 2.75) is 58.4 Å². The third-order valence-corrected chi connectivity index (χ3v) is 4.86. The highest BCUT2D eigenvalue weighted by Crippen LogP contribution is 2.41. The van der Waals surface area contributed by atoms with Crippen LogP contribution < -0.4 is 5.32 Å². The summed E-state index contributed by atoms with van der Waals surface area (Å²) in [7, 11) is 0. The number of benzene rings is 1. The van der Waals surface area contributed by atoms with E-state index in [1.165, 1.54) is 32.1 Å². The molecule has 0 aliphatic heterocycles. The first-order valence-corrected chi connectivity index (χ1v) is 7.72. The van der Waals surface area contributed by atoms with Crippen molar-refractivity contribution in [3.8, 4) is 5.75 Å². The first kappa shape index (κ1) is 14.4. The minimum atomic E-state index is 0.269. The van der Waals surface area contributed by atoms with Gasteiger partial charge < -0.3 is 10.4 Å². The highest BCUT2D eigenvalue weighted by Gasteiger charge is 2.32. The van der Waals surface area contributed by atoms with Crippen LogP contribution in [0.2, 0.25) is 0 Å².